The van der Waals surface area contributed by atoms with Crippen molar-refractivity contribution in [2.75, 3.05) is 7.05 Å². The molecule has 0 atom stereocenters. The maximum atomic E-state index is 4.49. The summed E-state index contributed by atoms with van der Waals surface area (Å²) in [6.45, 7) is 2.80. The Morgan fingerprint density at radius 3 is 2.56 bits per heavy atom. The predicted molar refractivity (Wildman–Crippen MR) is 63.9 cm³/mol. The lowest BCUT2D eigenvalue weighted by Gasteiger charge is -1.95. The van der Waals surface area contributed by atoms with Crippen molar-refractivity contribution in [1.82, 2.24) is 20.1 Å². The summed E-state index contributed by atoms with van der Waals surface area (Å²) in [4.78, 5) is 4.49. The second-order valence-corrected chi connectivity index (χ2v) is 3.87. The van der Waals surface area contributed by atoms with Crippen molar-refractivity contribution in [1.29, 1.82) is 0 Å². The molecule has 0 saturated carbocycles. The van der Waals surface area contributed by atoms with E-state index in [1.165, 1.54) is 5.56 Å². The fraction of sp³-hybridized carbons (Fsp3) is 0.333. The Morgan fingerprint density at radius 2 is 1.94 bits per heavy atom. The fourth-order valence-electron chi connectivity index (χ4n) is 1.55. The lowest BCUT2D eigenvalue weighted by atomic mass is 10.1. The third-order valence-electron chi connectivity index (χ3n) is 2.50. The number of hydrogen-bond acceptors (Lipinski definition) is 3. The average Bonchev–Trinajstić information content (AvgIpc) is 2.62. The Morgan fingerprint density at radius 1 is 1.25 bits per heavy atom. The molecular weight excluding hydrogens is 200 g/mol. The highest BCUT2D eigenvalue weighted by atomic mass is 15.3. The summed E-state index contributed by atoms with van der Waals surface area (Å²) in [5.74, 6) is 1.73. The molecule has 1 aromatic carbocycles. The summed E-state index contributed by atoms with van der Waals surface area (Å²) < 4.78 is 1.81. The Bertz CT molecular complexity index is 470. The van der Waals surface area contributed by atoms with E-state index in [2.05, 4.69) is 34.5 Å². The molecule has 1 aromatic heterocycles. The maximum absolute atomic E-state index is 4.49. The van der Waals surface area contributed by atoms with Gasteiger partial charge in [-0.25, -0.2) is 4.98 Å². The first kappa shape index (κ1) is 10.8. The minimum Gasteiger partial charge on any atom is -0.313 e. The Kier molecular flexibility index (Phi) is 3.01. The van der Waals surface area contributed by atoms with Gasteiger partial charge in [-0.05, 0) is 14.0 Å². The van der Waals surface area contributed by atoms with Crippen LogP contribution in [0.1, 0.15) is 11.4 Å². The zero-order valence-electron chi connectivity index (χ0n) is 9.86. The minimum atomic E-state index is 0.732. The van der Waals surface area contributed by atoms with E-state index in [4.69, 9.17) is 0 Å². The van der Waals surface area contributed by atoms with E-state index in [1.54, 1.807) is 0 Å². The van der Waals surface area contributed by atoms with Crippen molar-refractivity contribution in [2.45, 2.75) is 13.5 Å². The van der Waals surface area contributed by atoms with E-state index in [-0.39, 0.29) is 0 Å². The van der Waals surface area contributed by atoms with E-state index in [0.717, 1.165) is 23.8 Å². The Hall–Kier alpha value is -1.68. The first-order valence-corrected chi connectivity index (χ1v) is 5.32. The van der Waals surface area contributed by atoms with Gasteiger partial charge in [0.25, 0.3) is 0 Å². The van der Waals surface area contributed by atoms with Crippen LogP contribution >= 0.6 is 0 Å². The maximum Gasteiger partial charge on any atom is 0.181 e. The molecular formula is C12H16N4. The highest BCUT2D eigenvalue weighted by Crippen LogP contribution is 2.15. The number of aromatic nitrogens is 3. The molecule has 1 heterocycles. The quantitative estimate of drug-likeness (QED) is 0.845. The number of rotatable bonds is 3. The van der Waals surface area contributed by atoms with Crippen molar-refractivity contribution in [2.24, 2.45) is 7.05 Å². The largest absolute Gasteiger partial charge is 0.313 e. The molecule has 0 aliphatic carbocycles. The van der Waals surface area contributed by atoms with Gasteiger partial charge in [-0.1, -0.05) is 29.8 Å². The SMILES string of the molecule is CNCc1nc(-c2ccc(C)cc2)nn1C. The van der Waals surface area contributed by atoms with Gasteiger partial charge in [-0.15, -0.1) is 0 Å². The highest BCUT2D eigenvalue weighted by Gasteiger charge is 2.07. The van der Waals surface area contributed by atoms with Crippen LogP contribution in [0.4, 0.5) is 0 Å². The second kappa shape index (κ2) is 4.45. The van der Waals surface area contributed by atoms with Crippen LogP contribution in [0.5, 0.6) is 0 Å². The van der Waals surface area contributed by atoms with Crippen molar-refractivity contribution in [3.05, 3.63) is 35.7 Å². The van der Waals surface area contributed by atoms with E-state index < -0.39 is 0 Å². The van der Waals surface area contributed by atoms with Crippen LogP contribution in [0.25, 0.3) is 11.4 Å². The van der Waals surface area contributed by atoms with Crippen LogP contribution in [0, 0.1) is 6.92 Å². The summed E-state index contributed by atoms with van der Waals surface area (Å²) in [7, 11) is 3.82. The summed E-state index contributed by atoms with van der Waals surface area (Å²) in [5, 5.41) is 7.47. The summed E-state index contributed by atoms with van der Waals surface area (Å²) >= 11 is 0. The number of nitrogens with one attached hydrogen (secondary N) is 1. The van der Waals surface area contributed by atoms with Gasteiger partial charge in [0.1, 0.15) is 5.82 Å². The van der Waals surface area contributed by atoms with Gasteiger partial charge in [0.15, 0.2) is 5.82 Å². The van der Waals surface area contributed by atoms with Crippen molar-refractivity contribution < 1.29 is 0 Å². The molecule has 2 rings (SSSR count). The van der Waals surface area contributed by atoms with Gasteiger partial charge in [0.05, 0.1) is 6.54 Å². The van der Waals surface area contributed by atoms with Crippen LogP contribution < -0.4 is 5.32 Å². The smallest absolute Gasteiger partial charge is 0.181 e. The van der Waals surface area contributed by atoms with Crippen molar-refractivity contribution in [3.63, 3.8) is 0 Å². The Labute approximate surface area is 95.3 Å². The molecule has 84 valence electrons. The Balaban J connectivity index is 2.33. The zero-order chi connectivity index (χ0) is 11.5. The van der Waals surface area contributed by atoms with Gasteiger partial charge in [-0.3, -0.25) is 4.68 Å². The minimum absolute atomic E-state index is 0.732. The van der Waals surface area contributed by atoms with E-state index in [1.807, 2.05) is 30.9 Å². The van der Waals surface area contributed by atoms with Crippen molar-refractivity contribution >= 4 is 0 Å². The van der Waals surface area contributed by atoms with Gasteiger partial charge < -0.3 is 5.32 Å². The molecule has 1 N–H and O–H groups in total. The molecule has 0 aliphatic rings. The molecule has 16 heavy (non-hydrogen) atoms. The molecule has 0 amide bonds. The molecule has 4 nitrogen and oxygen atoms in total. The first-order chi connectivity index (χ1) is 7.70. The van der Waals surface area contributed by atoms with Crippen LogP contribution in [0.15, 0.2) is 24.3 Å². The molecule has 0 fully saturated rings. The molecule has 0 unspecified atom stereocenters. The monoisotopic (exact) mass is 216 g/mol. The number of hydrogen-bond donors (Lipinski definition) is 1. The summed E-state index contributed by atoms with van der Waals surface area (Å²) in [6.07, 6.45) is 0. The molecule has 0 radical (unpaired) electrons. The van der Waals surface area contributed by atoms with Gasteiger partial charge in [0, 0.05) is 12.6 Å². The van der Waals surface area contributed by atoms with Gasteiger partial charge in [0.2, 0.25) is 0 Å². The topological polar surface area (TPSA) is 42.7 Å². The molecule has 4 heteroatoms. The zero-order valence-corrected chi connectivity index (χ0v) is 9.86. The lowest BCUT2D eigenvalue weighted by molar-refractivity contribution is 0.660. The van der Waals surface area contributed by atoms with E-state index in [0.29, 0.717) is 0 Å². The van der Waals surface area contributed by atoms with Crippen LogP contribution in [-0.2, 0) is 13.6 Å². The summed E-state index contributed by atoms with van der Waals surface area (Å²) in [5.41, 5.74) is 2.30. The standard InChI is InChI=1S/C12H16N4/c1-9-4-6-10(7-5-9)12-14-11(8-13-2)16(3)15-12/h4-7,13H,8H2,1-3H3. The van der Waals surface area contributed by atoms with Gasteiger partial charge in [-0.2, -0.15) is 5.10 Å². The van der Waals surface area contributed by atoms with Gasteiger partial charge >= 0.3 is 0 Å². The number of aryl methyl sites for hydroxylation is 2. The third kappa shape index (κ3) is 2.12. The lowest BCUT2D eigenvalue weighted by Crippen LogP contribution is -2.10. The average molecular weight is 216 g/mol. The molecule has 2 aromatic rings. The molecule has 0 saturated heterocycles. The van der Waals surface area contributed by atoms with E-state index in [9.17, 15) is 0 Å². The van der Waals surface area contributed by atoms with Crippen LogP contribution in [0.3, 0.4) is 0 Å². The normalized spacial score (nSPS) is 10.7. The van der Waals surface area contributed by atoms with Crippen LogP contribution in [0.2, 0.25) is 0 Å². The second-order valence-electron chi connectivity index (χ2n) is 3.87. The number of benzene rings is 1. The third-order valence-corrected chi connectivity index (χ3v) is 2.50. The van der Waals surface area contributed by atoms with E-state index >= 15 is 0 Å². The highest BCUT2D eigenvalue weighted by molar-refractivity contribution is 5.54. The molecule has 0 spiro atoms. The number of nitrogens with zero attached hydrogens (tertiary/aromatic N) is 3. The summed E-state index contributed by atoms with van der Waals surface area (Å²) in [6, 6.07) is 8.24. The first-order valence-electron chi connectivity index (χ1n) is 5.32. The fourth-order valence-corrected chi connectivity index (χ4v) is 1.55. The molecule has 0 aliphatic heterocycles. The molecule has 0 bridgehead atoms. The van der Waals surface area contributed by atoms with Crippen molar-refractivity contribution in [3.8, 4) is 11.4 Å². The van der Waals surface area contributed by atoms with Crippen LogP contribution in [-0.4, -0.2) is 21.8 Å². The predicted octanol–water partition coefficient (Wildman–Crippen LogP) is 1.51.